The molecule has 1 saturated heterocycles. The summed E-state index contributed by atoms with van der Waals surface area (Å²) in [6.07, 6.45) is 1.84. The number of rotatable bonds is 7. The number of anilines is 1. The average Bonchev–Trinajstić information content (AvgIpc) is 3.37. The van der Waals surface area contributed by atoms with Crippen molar-refractivity contribution in [3.63, 3.8) is 0 Å². The van der Waals surface area contributed by atoms with Gasteiger partial charge in [-0.1, -0.05) is 29.8 Å². The van der Waals surface area contributed by atoms with E-state index >= 15 is 0 Å². The van der Waals surface area contributed by atoms with Crippen LogP contribution in [-0.4, -0.2) is 45.0 Å². The van der Waals surface area contributed by atoms with Gasteiger partial charge in [0.15, 0.2) is 5.58 Å². The lowest BCUT2D eigenvalue weighted by molar-refractivity contribution is -0.120. The first-order valence-corrected chi connectivity index (χ1v) is 11.4. The average molecular weight is 449 g/mol. The maximum atomic E-state index is 12.3. The third-order valence-electron chi connectivity index (χ3n) is 4.97. The molecule has 0 saturated carbocycles. The fourth-order valence-corrected chi connectivity index (χ4v) is 4.74. The van der Waals surface area contributed by atoms with Crippen LogP contribution < -0.4 is 14.9 Å². The van der Waals surface area contributed by atoms with Gasteiger partial charge in [0.1, 0.15) is 5.52 Å². The molecule has 8 nitrogen and oxygen atoms in total. The highest BCUT2D eigenvalue weighted by atomic mass is 35.5. The standard InChI is InChI=1S/C20H21ClN4O4S/c21-14-5-3-7-16(11-14)30(27,28)23-13-19(26)22-12-15-6-4-10-25(15)20-24-17-8-1-2-9-18(17)29-20/h1-3,5,7-9,11,15,23H,4,6,10,12-13H2,(H,22,26)/t15-/m1/s1. The summed E-state index contributed by atoms with van der Waals surface area (Å²) >= 11 is 5.84. The van der Waals surface area contributed by atoms with Crippen LogP contribution in [0, 0.1) is 0 Å². The van der Waals surface area contributed by atoms with Crippen LogP contribution in [0.3, 0.4) is 0 Å². The molecular formula is C20H21ClN4O4S. The van der Waals surface area contributed by atoms with Crippen molar-refractivity contribution in [3.8, 4) is 0 Å². The summed E-state index contributed by atoms with van der Waals surface area (Å²) < 4.78 is 32.7. The van der Waals surface area contributed by atoms with Crippen molar-refractivity contribution >= 4 is 44.6 Å². The van der Waals surface area contributed by atoms with Gasteiger partial charge in [0.05, 0.1) is 17.5 Å². The van der Waals surface area contributed by atoms with E-state index in [9.17, 15) is 13.2 Å². The SMILES string of the molecule is O=C(CNS(=O)(=O)c1cccc(Cl)c1)NC[C@H]1CCCN1c1nc2ccccc2o1. The van der Waals surface area contributed by atoms with Crippen LogP contribution in [0.25, 0.3) is 11.1 Å². The Labute approximate surface area is 179 Å². The van der Waals surface area contributed by atoms with Gasteiger partial charge in [-0.3, -0.25) is 4.79 Å². The van der Waals surface area contributed by atoms with Gasteiger partial charge < -0.3 is 14.6 Å². The van der Waals surface area contributed by atoms with Crippen LogP contribution in [0.4, 0.5) is 6.01 Å². The second kappa shape index (κ2) is 8.63. The number of sulfonamides is 1. The highest BCUT2D eigenvalue weighted by molar-refractivity contribution is 7.89. The van der Waals surface area contributed by atoms with E-state index in [0.29, 0.717) is 17.6 Å². The molecule has 4 rings (SSSR count). The summed E-state index contributed by atoms with van der Waals surface area (Å²) in [5, 5.41) is 3.10. The number of fused-ring (bicyclic) bond motifs is 1. The van der Waals surface area contributed by atoms with Gasteiger partial charge in [-0.15, -0.1) is 0 Å². The number of carbonyl (C=O) groups excluding carboxylic acids is 1. The fourth-order valence-electron chi connectivity index (χ4n) is 3.45. The van der Waals surface area contributed by atoms with E-state index in [-0.39, 0.29) is 17.5 Å². The predicted octanol–water partition coefficient (Wildman–Crippen LogP) is 2.54. The predicted molar refractivity (Wildman–Crippen MR) is 114 cm³/mol. The third kappa shape index (κ3) is 4.58. The van der Waals surface area contributed by atoms with Gasteiger partial charge in [0, 0.05) is 18.1 Å². The maximum Gasteiger partial charge on any atom is 0.298 e. The summed E-state index contributed by atoms with van der Waals surface area (Å²) in [5.74, 6) is -0.412. The summed E-state index contributed by atoms with van der Waals surface area (Å²) in [5.41, 5.74) is 1.51. The van der Waals surface area contributed by atoms with Gasteiger partial charge in [-0.25, -0.2) is 13.1 Å². The molecule has 2 N–H and O–H groups in total. The van der Waals surface area contributed by atoms with Crippen LogP contribution in [0.1, 0.15) is 12.8 Å². The number of amides is 1. The smallest absolute Gasteiger partial charge is 0.298 e. The van der Waals surface area contributed by atoms with E-state index in [0.717, 1.165) is 30.5 Å². The van der Waals surface area contributed by atoms with Crippen LogP contribution in [-0.2, 0) is 14.8 Å². The van der Waals surface area contributed by atoms with Crippen molar-refractivity contribution < 1.29 is 17.6 Å². The first-order valence-electron chi connectivity index (χ1n) is 9.56. The molecule has 0 bridgehead atoms. The molecule has 30 heavy (non-hydrogen) atoms. The van der Waals surface area contributed by atoms with Gasteiger partial charge in [0.2, 0.25) is 15.9 Å². The zero-order chi connectivity index (χ0) is 21.1. The number of oxazole rings is 1. The number of para-hydroxylation sites is 2. The van der Waals surface area contributed by atoms with Gasteiger partial charge in [-0.05, 0) is 43.2 Å². The van der Waals surface area contributed by atoms with Gasteiger partial charge in [0.25, 0.3) is 6.01 Å². The van der Waals surface area contributed by atoms with Crippen LogP contribution in [0.2, 0.25) is 5.02 Å². The van der Waals surface area contributed by atoms with E-state index < -0.39 is 15.9 Å². The Morgan fingerprint density at radius 1 is 1.23 bits per heavy atom. The van der Waals surface area contributed by atoms with Crippen LogP contribution in [0.15, 0.2) is 57.8 Å². The minimum atomic E-state index is -3.81. The first-order chi connectivity index (χ1) is 14.4. The quantitative estimate of drug-likeness (QED) is 0.575. The Hall–Kier alpha value is -2.62. The number of hydrogen-bond acceptors (Lipinski definition) is 6. The molecule has 158 valence electrons. The van der Waals surface area contributed by atoms with Crippen molar-refractivity contribution in [3.05, 3.63) is 53.6 Å². The topological polar surface area (TPSA) is 105 Å². The second-order valence-corrected chi connectivity index (χ2v) is 9.24. The van der Waals surface area contributed by atoms with Crippen LogP contribution >= 0.6 is 11.6 Å². The van der Waals surface area contributed by atoms with Crippen molar-refractivity contribution in [1.29, 1.82) is 0 Å². The van der Waals surface area contributed by atoms with E-state index in [1.165, 1.54) is 18.2 Å². The highest BCUT2D eigenvalue weighted by Crippen LogP contribution is 2.28. The first kappa shape index (κ1) is 20.6. The Morgan fingerprint density at radius 2 is 2.07 bits per heavy atom. The number of halogens is 1. The van der Waals surface area contributed by atoms with Crippen molar-refractivity contribution in [2.45, 2.75) is 23.8 Å². The molecule has 3 aromatic rings. The summed E-state index contributed by atoms with van der Waals surface area (Å²) in [6, 6.07) is 14.0. The number of hydrogen-bond donors (Lipinski definition) is 2. The van der Waals surface area contributed by atoms with Crippen LogP contribution in [0.5, 0.6) is 0 Å². The summed E-state index contributed by atoms with van der Waals surface area (Å²) in [4.78, 5) is 18.8. The minimum Gasteiger partial charge on any atom is -0.423 e. The molecule has 1 atom stereocenters. The van der Waals surface area contributed by atoms with Gasteiger partial charge in [-0.2, -0.15) is 4.98 Å². The molecule has 1 amide bonds. The third-order valence-corrected chi connectivity index (χ3v) is 6.60. The molecule has 10 heteroatoms. The minimum absolute atomic E-state index is 0.0146. The lowest BCUT2D eigenvalue weighted by atomic mass is 10.2. The Bertz CT molecular complexity index is 1130. The van der Waals surface area contributed by atoms with Crippen molar-refractivity contribution in [1.82, 2.24) is 15.0 Å². The zero-order valence-corrected chi connectivity index (χ0v) is 17.6. The van der Waals surface area contributed by atoms with Crippen molar-refractivity contribution in [2.75, 3.05) is 24.5 Å². The van der Waals surface area contributed by atoms with E-state index in [2.05, 4.69) is 15.0 Å². The van der Waals surface area contributed by atoms with E-state index in [4.69, 9.17) is 16.0 Å². The van der Waals surface area contributed by atoms with E-state index in [1.807, 2.05) is 29.2 Å². The maximum absolute atomic E-state index is 12.3. The molecule has 0 radical (unpaired) electrons. The molecule has 2 aromatic carbocycles. The van der Waals surface area contributed by atoms with E-state index in [1.54, 1.807) is 6.07 Å². The molecule has 1 aliphatic rings. The number of nitrogens with zero attached hydrogens (tertiary/aromatic N) is 2. The second-order valence-electron chi connectivity index (χ2n) is 7.04. The fraction of sp³-hybridized carbons (Fsp3) is 0.300. The summed E-state index contributed by atoms with van der Waals surface area (Å²) in [7, 11) is -3.81. The number of nitrogens with one attached hydrogen (secondary N) is 2. The molecule has 0 unspecified atom stereocenters. The molecular weight excluding hydrogens is 428 g/mol. The number of aromatic nitrogens is 1. The lowest BCUT2D eigenvalue weighted by Crippen LogP contribution is -2.43. The number of carbonyl (C=O) groups is 1. The zero-order valence-electron chi connectivity index (χ0n) is 16.0. The highest BCUT2D eigenvalue weighted by Gasteiger charge is 2.28. The largest absolute Gasteiger partial charge is 0.423 e. The Kier molecular flexibility index (Phi) is 5.94. The normalized spacial score (nSPS) is 16.8. The number of benzene rings is 2. The lowest BCUT2D eigenvalue weighted by Gasteiger charge is -2.23. The Balaban J connectivity index is 1.33. The molecule has 1 aromatic heterocycles. The molecule has 1 fully saturated rings. The Morgan fingerprint density at radius 3 is 2.87 bits per heavy atom. The molecule has 1 aliphatic heterocycles. The van der Waals surface area contributed by atoms with Gasteiger partial charge >= 0.3 is 0 Å². The summed E-state index contributed by atoms with van der Waals surface area (Å²) in [6.45, 7) is 0.801. The van der Waals surface area contributed by atoms with Crippen molar-refractivity contribution in [2.24, 2.45) is 0 Å². The molecule has 2 heterocycles. The molecule has 0 spiro atoms. The molecule has 0 aliphatic carbocycles. The monoisotopic (exact) mass is 448 g/mol.